The third-order valence-electron chi connectivity index (χ3n) is 3.70. The SMILES string of the molecule is COc1ccc(S(=O)(=O)N2Cc3ccncc3C2)c(C)c1. The quantitative estimate of drug-likeness (QED) is 0.871. The molecule has 1 aliphatic rings. The van der Waals surface area contributed by atoms with Gasteiger partial charge in [0.05, 0.1) is 12.0 Å². The fraction of sp³-hybridized carbons (Fsp3) is 0.267. The molecular weight excluding hydrogens is 288 g/mol. The number of nitrogens with zero attached hydrogens (tertiary/aromatic N) is 2. The van der Waals surface area contributed by atoms with Crippen molar-refractivity contribution >= 4 is 10.0 Å². The van der Waals surface area contributed by atoms with Crippen LogP contribution in [0.3, 0.4) is 0 Å². The number of hydrogen-bond donors (Lipinski definition) is 0. The molecule has 1 aliphatic heterocycles. The van der Waals surface area contributed by atoms with Crippen LogP contribution < -0.4 is 4.74 Å². The highest BCUT2D eigenvalue weighted by Crippen LogP contribution is 2.30. The smallest absolute Gasteiger partial charge is 0.243 e. The Morgan fingerprint density at radius 3 is 2.62 bits per heavy atom. The van der Waals surface area contributed by atoms with Crippen LogP contribution in [0.2, 0.25) is 0 Å². The Morgan fingerprint density at radius 1 is 1.19 bits per heavy atom. The second kappa shape index (κ2) is 5.13. The summed E-state index contributed by atoms with van der Waals surface area (Å²) >= 11 is 0. The van der Waals surface area contributed by atoms with Gasteiger partial charge in [-0.25, -0.2) is 8.42 Å². The van der Waals surface area contributed by atoms with Crippen LogP contribution in [-0.4, -0.2) is 24.8 Å². The van der Waals surface area contributed by atoms with E-state index in [0.29, 0.717) is 29.3 Å². The Kier molecular flexibility index (Phi) is 3.43. The molecular formula is C15H16N2O3S. The molecule has 0 spiro atoms. The van der Waals surface area contributed by atoms with Gasteiger partial charge in [0.2, 0.25) is 10.0 Å². The number of rotatable bonds is 3. The number of sulfonamides is 1. The lowest BCUT2D eigenvalue weighted by molar-refractivity contribution is 0.413. The molecule has 2 heterocycles. The van der Waals surface area contributed by atoms with Crippen molar-refractivity contribution in [3.05, 3.63) is 53.3 Å². The predicted molar refractivity (Wildman–Crippen MR) is 78.4 cm³/mol. The molecule has 0 N–H and O–H groups in total. The van der Waals surface area contributed by atoms with Gasteiger partial charge in [0.1, 0.15) is 5.75 Å². The molecule has 6 heteroatoms. The molecule has 2 aromatic rings. The molecule has 3 rings (SSSR count). The number of aryl methyl sites for hydroxylation is 1. The van der Waals surface area contributed by atoms with Gasteiger partial charge in [-0.2, -0.15) is 4.31 Å². The van der Waals surface area contributed by atoms with Crippen LogP contribution in [-0.2, 0) is 23.1 Å². The van der Waals surface area contributed by atoms with Gasteiger partial charge in [0, 0.05) is 25.5 Å². The first kappa shape index (κ1) is 14.0. The standard InChI is InChI=1S/C15H16N2O3S/c1-11-7-14(20-2)3-4-15(11)21(18,19)17-9-12-5-6-16-8-13(12)10-17/h3-8H,9-10H2,1-2H3. The number of methoxy groups -OCH3 is 1. The van der Waals surface area contributed by atoms with Crippen LogP contribution in [0.15, 0.2) is 41.6 Å². The highest BCUT2D eigenvalue weighted by molar-refractivity contribution is 7.89. The number of pyridine rings is 1. The maximum Gasteiger partial charge on any atom is 0.243 e. The van der Waals surface area contributed by atoms with Crippen molar-refractivity contribution in [2.24, 2.45) is 0 Å². The molecule has 1 aromatic carbocycles. The Balaban J connectivity index is 1.96. The predicted octanol–water partition coefficient (Wildman–Crippen LogP) is 2.10. The van der Waals surface area contributed by atoms with E-state index in [1.54, 1.807) is 44.6 Å². The lowest BCUT2D eigenvalue weighted by Crippen LogP contribution is -2.26. The lowest BCUT2D eigenvalue weighted by Gasteiger charge is -2.17. The van der Waals surface area contributed by atoms with Crippen molar-refractivity contribution in [3.8, 4) is 5.75 Å². The molecule has 0 fully saturated rings. The maximum absolute atomic E-state index is 12.8. The molecule has 0 aliphatic carbocycles. The van der Waals surface area contributed by atoms with Gasteiger partial charge < -0.3 is 4.74 Å². The third kappa shape index (κ3) is 2.41. The summed E-state index contributed by atoms with van der Waals surface area (Å²) in [5, 5.41) is 0. The Labute approximate surface area is 124 Å². The van der Waals surface area contributed by atoms with Gasteiger partial charge in [-0.1, -0.05) is 0 Å². The van der Waals surface area contributed by atoms with Crippen LogP contribution in [0, 0.1) is 6.92 Å². The van der Waals surface area contributed by atoms with E-state index < -0.39 is 10.0 Å². The average molecular weight is 304 g/mol. The largest absolute Gasteiger partial charge is 0.497 e. The topological polar surface area (TPSA) is 59.5 Å². The number of hydrogen-bond acceptors (Lipinski definition) is 4. The number of benzene rings is 1. The highest BCUT2D eigenvalue weighted by atomic mass is 32.2. The first-order valence-corrected chi connectivity index (χ1v) is 8.03. The molecule has 21 heavy (non-hydrogen) atoms. The molecule has 1 aromatic heterocycles. The zero-order chi connectivity index (χ0) is 15.0. The second-order valence-electron chi connectivity index (χ2n) is 5.05. The van der Waals surface area contributed by atoms with Crippen molar-refractivity contribution in [2.75, 3.05) is 7.11 Å². The minimum Gasteiger partial charge on any atom is -0.497 e. The van der Waals surface area contributed by atoms with E-state index in [2.05, 4.69) is 4.98 Å². The minimum absolute atomic E-state index is 0.323. The normalized spacial score (nSPS) is 15.0. The molecule has 0 unspecified atom stereocenters. The molecule has 0 amide bonds. The maximum atomic E-state index is 12.8. The molecule has 0 saturated heterocycles. The summed E-state index contributed by atoms with van der Waals surface area (Å²) in [6, 6.07) is 6.87. The van der Waals surface area contributed by atoms with E-state index in [1.807, 2.05) is 6.07 Å². The highest BCUT2D eigenvalue weighted by Gasteiger charge is 2.31. The molecule has 5 nitrogen and oxygen atoms in total. The van der Waals surface area contributed by atoms with Crippen LogP contribution in [0.1, 0.15) is 16.7 Å². The fourth-order valence-corrected chi connectivity index (χ4v) is 4.14. The first-order chi connectivity index (χ1) is 10.0. The molecule has 110 valence electrons. The zero-order valence-electron chi connectivity index (χ0n) is 11.9. The van der Waals surface area contributed by atoms with Crippen LogP contribution in [0.4, 0.5) is 0 Å². The second-order valence-corrected chi connectivity index (χ2v) is 6.96. The van der Waals surface area contributed by atoms with Crippen molar-refractivity contribution in [2.45, 2.75) is 24.9 Å². The molecule has 0 saturated carbocycles. The van der Waals surface area contributed by atoms with Gasteiger partial charge in [0.15, 0.2) is 0 Å². The van der Waals surface area contributed by atoms with Crippen molar-refractivity contribution in [3.63, 3.8) is 0 Å². The minimum atomic E-state index is -3.51. The van der Waals surface area contributed by atoms with E-state index in [9.17, 15) is 8.42 Å². The molecule has 0 atom stereocenters. The van der Waals surface area contributed by atoms with E-state index in [1.165, 1.54) is 4.31 Å². The summed E-state index contributed by atoms with van der Waals surface area (Å²) in [5.41, 5.74) is 2.66. The molecule has 0 bridgehead atoms. The van der Waals surface area contributed by atoms with E-state index >= 15 is 0 Å². The van der Waals surface area contributed by atoms with Crippen LogP contribution in [0.25, 0.3) is 0 Å². The number of aromatic nitrogens is 1. The summed E-state index contributed by atoms with van der Waals surface area (Å²) in [6.45, 7) is 2.54. The van der Waals surface area contributed by atoms with Gasteiger partial charge in [-0.15, -0.1) is 0 Å². The van der Waals surface area contributed by atoms with Gasteiger partial charge in [-0.3, -0.25) is 4.98 Å². The molecule has 0 radical (unpaired) electrons. The van der Waals surface area contributed by atoms with Crippen LogP contribution in [0.5, 0.6) is 5.75 Å². The van der Waals surface area contributed by atoms with Gasteiger partial charge in [-0.05, 0) is 47.9 Å². The lowest BCUT2D eigenvalue weighted by atomic mass is 10.2. The van der Waals surface area contributed by atoms with Gasteiger partial charge >= 0.3 is 0 Å². The summed E-state index contributed by atoms with van der Waals surface area (Å²) in [5.74, 6) is 0.653. The van der Waals surface area contributed by atoms with Crippen molar-refractivity contribution in [1.29, 1.82) is 0 Å². The monoisotopic (exact) mass is 304 g/mol. The number of ether oxygens (including phenoxy) is 1. The summed E-state index contributed by atoms with van der Waals surface area (Å²) < 4.78 is 32.2. The van der Waals surface area contributed by atoms with E-state index in [-0.39, 0.29) is 0 Å². The van der Waals surface area contributed by atoms with Gasteiger partial charge in [0.25, 0.3) is 0 Å². The average Bonchev–Trinajstić information content (AvgIpc) is 2.91. The van der Waals surface area contributed by atoms with E-state index in [4.69, 9.17) is 4.74 Å². The summed E-state index contributed by atoms with van der Waals surface area (Å²) in [4.78, 5) is 4.37. The summed E-state index contributed by atoms with van der Waals surface area (Å²) in [7, 11) is -1.95. The summed E-state index contributed by atoms with van der Waals surface area (Å²) in [6.07, 6.45) is 3.42. The Hall–Kier alpha value is -1.92. The Morgan fingerprint density at radius 2 is 1.95 bits per heavy atom. The van der Waals surface area contributed by atoms with Crippen molar-refractivity contribution in [1.82, 2.24) is 9.29 Å². The number of fused-ring (bicyclic) bond motifs is 1. The third-order valence-corrected chi connectivity index (χ3v) is 5.65. The van der Waals surface area contributed by atoms with Crippen LogP contribution >= 0.6 is 0 Å². The zero-order valence-corrected chi connectivity index (χ0v) is 12.7. The first-order valence-electron chi connectivity index (χ1n) is 6.59. The van der Waals surface area contributed by atoms with Crippen molar-refractivity contribution < 1.29 is 13.2 Å². The fourth-order valence-electron chi connectivity index (χ4n) is 2.54. The van der Waals surface area contributed by atoms with E-state index in [0.717, 1.165) is 11.1 Å². The Bertz CT molecular complexity index is 762.